The Morgan fingerprint density at radius 3 is 2.95 bits per heavy atom. The lowest BCUT2D eigenvalue weighted by molar-refractivity contribution is -0.145. The summed E-state index contributed by atoms with van der Waals surface area (Å²) in [5.41, 5.74) is 0. The zero-order valence-corrected chi connectivity index (χ0v) is 12.8. The fourth-order valence-electron chi connectivity index (χ4n) is 3.22. The van der Waals surface area contributed by atoms with Crippen LogP contribution in [0, 0.1) is 0 Å². The molecular weight excluding hydrogens is 256 g/mol. The van der Waals surface area contributed by atoms with Crippen molar-refractivity contribution in [3.63, 3.8) is 0 Å². The minimum absolute atomic E-state index is 0.000264. The first-order valence-electron chi connectivity index (χ1n) is 7.80. The van der Waals surface area contributed by atoms with E-state index in [-0.39, 0.29) is 12.1 Å². The van der Waals surface area contributed by atoms with Gasteiger partial charge in [-0.25, -0.2) is 0 Å². The van der Waals surface area contributed by atoms with E-state index >= 15 is 0 Å². The highest BCUT2D eigenvalue weighted by Gasteiger charge is 2.25. The Bertz CT molecular complexity index is 311. The molecule has 0 saturated carbocycles. The van der Waals surface area contributed by atoms with Gasteiger partial charge in [0.05, 0.1) is 26.2 Å². The minimum Gasteiger partial charge on any atom is -0.469 e. The van der Waals surface area contributed by atoms with E-state index in [1.54, 1.807) is 0 Å². The molecule has 20 heavy (non-hydrogen) atoms. The highest BCUT2D eigenvalue weighted by Crippen LogP contribution is 2.19. The molecule has 2 heterocycles. The van der Waals surface area contributed by atoms with Crippen LogP contribution < -0.4 is 0 Å². The number of hydrogen-bond donors (Lipinski definition) is 0. The maximum Gasteiger partial charge on any atom is 0.308 e. The summed E-state index contributed by atoms with van der Waals surface area (Å²) in [6.45, 7) is 4.90. The fourth-order valence-corrected chi connectivity index (χ4v) is 3.22. The van der Waals surface area contributed by atoms with Crippen molar-refractivity contribution in [1.29, 1.82) is 0 Å². The Hall–Kier alpha value is -0.650. The highest BCUT2D eigenvalue weighted by molar-refractivity contribution is 5.69. The van der Waals surface area contributed by atoms with Gasteiger partial charge in [0.1, 0.15) is 0 Å². The number of methoxy groups -OCH3 is 1. The van der Waals surface area contributed by atoms with Crippen LogP contribution in [0.1, 0.15) is 32.1 Å². The molecule has 0 aromatic heterocycles. The van der Waals surface area contributed by atoms with Crippen molar-refractivity contribution < 1.29 is 14.3 Å². The lowest BCUT2D eigenvalue weighted by Crippen LogP contribution is -2.45. The number of ether oxygens (including phenoxy) is 2. The second-order valence-electron chi connectivity index (χ2n) is 5.99. The molecule has 116 valence electrons. The Kier molecular flexibility index (Phi) is 6.26. The lowest BCUT2D eigenvalue weighted by atomic mass is 10.00. The number of rotatable bonds is 5. The van der Waals surface area contributed by atoms with E-state index in [0.29, 0.717) is 6.42 Å². The first kappa shape index (κ1) is 15.7. The molecule has 0 radical (unpaired) electrons. The predicted octanol–water partition coefficient (Wildman–Crippen LogP) is 1.12. The molecular formula is C15H28N2O3. The second-order valence-corrected chi connectivity index (χ2v) is 5.99. The van der Waals surface area contributed by atoms with Gasteiger partial charge in [0.2, 0.25) is 0 Å². The van der Waals surface area contributed by atoms with Crippen LogP contribution in [-0.2, 0) is 14.3 Å². The van der Waals surface area contributed by atoms with Crippen LogP contribution in [0.4, 0.5) is 0 Å². The largest absolute Gasteiger partial charge is 0.469 e. The Labute approximate surface area is 122 Å². The summed E-state index contributed by atoms with van der Waals surface area (Å²) >= 11 is 0. The van der Waals surface area contributed by atoms with Gasteiger partial charge in [0.15, 0.2) is 0 Å². The summed E-state index contributed by atoms with van der Waals surface area (Å²) in [6, 6.07) is 0.727. The fraction of sp³-hybridized carbons (Fsp3) is 0.933. The standard InChI is InChI=1S/C15H28N2O3/c1-16-7-4-3-5-13(16)6-8-17-9-10-20-14(12-17)11-15(18)19-2/h13-14H,3-12H2,1-2H3. The van der Waals surface area contributed by atoms with Crippen molar-refractivity contribution in [2.24, 2.45) is 0 Å². The molecule has 5 nitrogen and oxygen atoms in total. The van der Waals surface area contributed by atoms with E-state index in [9.17, 15) is 4.79 Å². The molecule has 2 unspecified atom stereocenters. The van der Waals surface area contributed by atoms with Crippen molar-refractivity contribution in [1.82, 2.24) is 9.80 Å². The van der Waals surface area contributed by atoms with Crippen LogP contribution in [0.5, 0.6) is 0 Å². The number of piperidine rings is 1. The topological polar surface area (TPSA) is 42.0 Å². The second kappa shape index (κ2) is 7.96. The van der Waals surface area contributed by atoms with E-state index in [0.717, 1.165) is 32.3 Å². The molecule has 0 amide bonds. The number of esters is 1. The zero-order valence-electron chi connectivity index (χ0n) is 12.8. The maximum atomic E-state index is 11.3. The third kappa shape index (κ3) is 4.72. The summed E-state index contributed by atoms with van der Waals surface area (Å²) in [5.74, 6) is -0.177. The Morgan fingerprint density at radius 2 is 2.20 bits per heavy atom. The van der Waals surface area contributed by atoms with Gasteiger partial charge >= 0.3 is 5.97 Å². The monoisotopic (exact) mass is 284 g/mol. The van der Waals surface area contributed by atoms with Gasteiger partial charge < -0.3 is 14.4 Å². The lowest BCUT2D eigenvalue weighted by Gasteiger charge is -2.36. The summed E-state index contributed by atoms with van der Waals surface area (Å²) in [7, 11) is 3.67. The van der Waals surface area contributed by atoms with E-state index in [1.165, 1.54) is 39.3 Å². The van der Waals surface area contributed by atoms with E-state index in [4.69, 9.17) is 9.47 Å². The molecule has 2 rings (SSSR count). The highest BCUT2D eigenvalue weighted by atomic mass is 16.5. The predicted molar refractivity (Wildman–Crippen MR) is 77.7 cm³/mol. The van der Waals surface area contributed by atoms with Crippen molar-refractivity contribution in [2.75, 3.05) is 46.9 Å². The quantitative estimate of drug-likeness (QED) is 0.708. The van der Waals surface area contributed by atoms with Crippen molar-refractivity contribution in [3.05, 3.63) is 0 Å². The number of hydrogen-bond acceptors (Lipinski definition) is 5. The van der Waals surface area contributed by atoms with Gasteiger partial charge in [-0.3, -0.25) is 9.69 Å². The number of likely N-dealkylation sites (tertiary alicyclic amines) is 1. The van der Waals surface area contributed by atoms with Crippen LogP contribution in [0.15, 0.2) is 0 Å². The van der Waals surface area contributed by atoms with Gasteiger partial charge in [0.25, 0.3) is 0 Å². The number of morpholine rings is 1. The smallest absolute Gasteiger partial charge is 0.308 e. The van der Waals surface area contributed by atoms with Crippen LogP contribution in [0.2, 0.25) is 0 Å². The number of nitrogens with zero attached hydrogens (tertiary/aromatic N) is 2. The number of carbonyl (C=O) groups excluding carboxylic acids is 1. The molecule has 0 aromatic carbocycles. The average Bonchev–Trinajstić information content (AvgIpc) is 2.47. The SMILES string of the molecule is COC(=O)CC1CN(CCC2CCCCN2C)CCO1. The summed E-state index contributed by atoms with van der Waals surface area (Å²) < 4.78 is 10.4. The number of carbonyl (C=O) groups is 1. The summed E-state index contributed by atoms with van der Waals surface area (Å²) in [4.78, 5) is 16.2. The van der Waals surface area contributed by atoms with Crippen molar-refractivity contribution in [3.8, 4) is 0 Å². The third-order valence-electron chi connectivity index (χ3n) is 4.54. The van der Waals surface area contributed by atoms with Crippen molar-refractivity contribution in [2.45, 2.75) is 44.2 Å². The van der Waals surface area contributed by atoms with Gasteiger partial charge in [0, 0.05) is 19.1 Å². The Balaban J connectivity index is 1.71. The molecule has 0 spiro atoms. The van der Waals surface area contributed by atoms with Gasteiger partial charge in [-0.15, -0.1) is 0 Å². The first-order valence-corrected chi connectivity index (χ1v) is 7.80. The normalized spacial score (nSPS) is 29.3. The summed E-state index contributed by atoms with van der Waals surface area (Å²) in [6.07, 6.45) is 5.62. The van der Waals surface area contributed by atoms with Crippen molar-refractivity contribution >= 4 is 5.97 Å². The van der Waals surface area contributed by atoms with Crippen LogP contribution in [0.25, 0.3) is 0 Å². The molecule has 5 heteroatoms. The maximum absolute atomic E-state index is 11.3. The molecule has 2 aliphatic heterocycles. The van der Waals surface area contributed by atoms with E-state index in [1.807, 2.05) is 0 Å². The average molecular weight is 284 g/mol. The van der Waals surface area contributed by atoms with Gasteiger partial charge in [-0.2, -0.15) is 0 Å². The van der Waals surface area contributed by atoms with Gasteiger partial charge in [-0.1, -0.05) is 6.42 Å². The molecule has 0 aromatic rings. The molecule has 0 aliphatic carbocycles. The van der Waals surface area contributed by atoms with Crippen LogP contribution >= 0.6 is 0 Å². The molecule has 2 saturated heterocycles. The van der Waals surface area contributed by atoms with Crippen LogP contribution in [-0.4, -0.2) is 74.9 Å². The van der Waals surface area contributed by atoms with E-state index in [2.05, 4.69) is 16.8 Å². The molecule has 0 bridgehead atoms. The molecule has 2 fully saturated rings. The molecule has 0 N–H and O–H groups in total. The molecule has 2 atom stereocenters. The first-order chi connectivity index (χ1) is 9.69. The zero-order chi connectivity index (χ0) is 14.4. The molecule has 2 aliphatic rings. The van der Waals surface area contributed by atoms with Gasteiger partial charge in [-0.05, 0) is 39.4 Å². The van der Waals surface area contributed by atoms with E-state index < -0.39 is 0 Å². The third-order valence-corrected chi connectivity index (χ3v) is 4.54. The Morgan fingerprint density at radius 1 is 1.35 bits per heavy atom. The summed E-state index contributed by atoms with van der Waals surface area (Å²) in [5, 5.41) is 0. The minimum atomic E-state index is -0.177. The van der Waals surface area contributed by atoms with Crippen LogP contribution in [0.3, 0.4) is 0 Å².